The molecule has 0 fully saturated rings. The number of hydrogen-bond acceptors (Lipinski definition) is 2. The van der Waals surface area contributed by atoms with Crippen molar-refractivity contribution < 1.29 is 9.18 Å². The normalized spacial score (nSPS) is 10.4. The Bertz CT molecular complexity index is 621. The Morgan fingerprint density at radius 1 is 1.10 bits per heavy atom. The van der Waals surface area contributed by atoms with Crippen LogP contribution in [-0.4, -0.2) is 11.7 Å². The molecule has 0 aromatic heterocycles. The Morgan fingerprint density at radius 3 is 2.48 bits per heavy atom. The van der Waals surface area contributed by atoms with Crippen LogP contribution in [-0.2, 0) is 17.1 Å². The third-order valence-electron chi connectivity index (χ3n) is 2.88. The summed E-state index contributed by atoms with van der Waals surface area (Å²) in [5.41, 5.74) is 1.49. The SMILES string of the molecule is O=C(CSCc1ccccc1F)NCc1ccccc1Cl. The first-order valence-corrected chi connectivity index (χ1v) is 8.01. The molecule has 0 radical (unpaired) electrons. The summed E-state index contributed by atoms with van der Waals surface area (Å²) in [7, 11) is 0. The molecule has 2 aromatic carbocycles. The van der Waals surface area contributed by atoms with Crippen LogP contribution in [0, 0.1) is 5.82 Å². The molecule has 21 heavy (non-hydrogen) atoms. The van der Waals surface area contributed by atoms with Gasteiger partial charge in [-0.25, -0.2) is 4.39 Å². The Labute approximate surface area is 132 Å². The lowest BCUT2D eigenvalue weighted by atomic mass is 10.2. The van der Waals surface area contributed by atoms with Gasteiger partial charge in [-0.1, -0.05) is 48.0 Å². The summed E-state index contributed by atoms with van der Waals surface area (Å²) in [5, 5.41) is 3.44. The predicted octanol–water partition coefficient (Wildman–Crippen LogP) is 4.03. The van der Waals surface area contributed by atoms with E-state index in [1.807, 2.05) is 18.2 Å². The Hall–Kier alpha value is -1.52. The zero-order valence-corrected chi connectivity index (χ0v) is 12.9. The highest BCUT2D eigenvalue weighted by Crippen LogP contribution is 2.16. The van der Waals surface area contributed by atoms with E-state index in [-0.39, 0.29) is 11.7 Å². The highest BCUT2D eigenvalue weighted by molar-refractivity contribution is 7.99. The first kappa shape index (κ1) is 15.9. The molecule has 0 saturated heterocycles. The molecule has 2 nitrogen and oxygen atoms in total. The van der Waals surface area contributed by atoms with Crippen molar-refractivity contribution in [2.45, 2.75) is 12.3 Å². The van der Waals surface area contributed by atoms with Gasteiger partial charge < -0.3 is 5.32 Å². The van der Waals surface area contributed by atoms with Crippen molar-refractivity contribution in [2.24, 2.45) is 0 Å². The maximum atomic E-state index is 13.4. The summed E-state index contributed by atoms with van der Waals surface area (Å²) in [6, 6.07) is 14.0. The highest BCUT2D eigenvalue weighted by Gasteiger charge is 2.05. The molecule has 0 atom stereocenters. The van der Waals surface area contributed by atoms with Crippen LogP contribution in [0.2, 0.25) is 5.02 Å². The molecule has 0 heterocycles. The summed E-state index contributed by atoms with van der Waals surface area (Å²) < 4.78 is 13.4. The van der Waals surface area contributed by atoms with Gasteiger partial charge in [0.25, 0.3) is 0 Å². The molecule has 0 unspecified atom stereocenters. The van der Waals surface area contributed by atoms with E-state index < -0.39 is 0 Å². The number of thioether (sulfide) groups is 1. The van der Waals surface area contributed by atoms with Gasteiger partial charge in [0.1, 0.15) is 5.82 Å². The fourth-order valence-corrected chi connectivity index (χ4v) is 2.80. The van der Waals surface area contributed by atoms with E-state index in [1.165, 1.54) is 17.8 Å². The van der Waals surface area contributed by atoms with E-state index in [9.17, 15) is 9.18 Å². The molecule has 0 saturated carbocycles. The second kappa shape index (κ2) is 8.05. The van der Waals surface area contributed by atoms with Crippen LogP contribution in [0.3, 0.4) is 0 Å². The third-order valence-corrected chi connectivity index (χ3v) is 4.23. The lowest BCUT2D eigenvalue weighted by molar-refractivity contribution is -0.118. The predicted molar refractivity (Wildman–Crippen MR) is 85.9 cm³/mol. The van der Waals surface area contributed by atoms with Gasteiger partial charge >= 0.3 is 0 Å². The first-order valence-electron chi connectivity index (χ1n) is 6.48. The molecule has 1 N–H and O–H groups in total. The topological polar surface area (TPSA) is 29.1 Å². The van der Waals surface area contributed by atoms with Crippen molar-refractivity contribution in [1.29, 1.82) is 0 Å². The second-order valence-electron chi connectivity index (χ2n) is 4.45. The lowest BCUT2D eigenvalue weighted by Gasteiger charge is -2.07. The number of rotatable bonds is 6. The van der Waals surface area contributed by atoms with Crippen LogP contribution in [0.1, 0.15) is 11.1 Å². The van der Waals surface area contributed by atoms with E-state index in [1.54, 1.807) is 24.3 Å². The minimum Gasteiger partial charge on any atom is -0.351 e. The summed E-state index contributed by atoms with van der Waals surface area (Å²) in [4.78, 5) is 11.7. The molecule has 0 aliphatic heterocycles. The van der Waals surface area contributed by atoms with Crippen LogP contribution >= 0.6 is 23.4 Å². The van der Waals surface area contributed by atoms with Gasteiger partial charge in [0.15, 0.2) is 0 Å². The largest absolute Gasteiger partial charge is 0.351 e. The van der Waals surface area contributed by atoms with Gasteiger partial charge in [-0.05, 0) is 23.3 Å². The maximum Gasteiger partial charge on any atom is 0.230 e. The second-order valence-corrected chi connectivity index (χ2v) is 5.85. The van der Waals surface area contributed by atoms with Crippen molar-refractivity contribution in [1.82, 2.24) is 5.32 Å². The number of carbonyl (C=O) groups excluding carboxylic acids is 1. The maximum absolute atomic E-state index is 13.4. The summed E-state index contributed by atoms with van der Waals surface area (Å²) >= 11 is 7.39. The van der Waals surface area contributed by atoms with E-state index in [0.717, 1.165) is 5.56 Å². The van der Waals surface area contributed by atoms with Crippen molar-refractivity contribution in [3.63, 3.8) is 0 Å². The van der Waals surface area contributed by atoms with E-state index in [2.05, 4.69) is 5.32 Å². The van der Waals surface area contributed by atoms with Crippen molar-refractivity contribution in [3.8, 4) is 0 Å². The molecule has 0 aliphatic rings. The number of amides is 1. The van der Waals surface area contributed by atoms with Crippen LogP contribution in [0.25, 0.3) is 0 Å². The number of carbonyl (C=O) groups is 1. The summed E-state index contributed by atoms with van der Waals surface area (Å²) in [5.74, 6) is 0.447. The van der Waals surface area contributed by atoms with E-state index >= 15 is 0 Å². The zero-order chi connectivity index (χ0) is 15.1. The Kier molecular flexibility index (Phi) is 6.08. The van der Waals surface area contributed by atoms with E-state index in [0.29, 0.717) is 28.6 Å². The van der Waals surface area contributed by atoms with Gasteiger partial charge in [0, 0.05) is 17.3 Å². The number of benzene rings is 2. The first-order chi connectivity index (χ1) is 10.2. The monoisotopic (exact) mass is 323 g/mol. The molecule has 2 aromatic rings. The molecule has 0 spiro atoms. The van der Waals surface area contributed by atoms with Crippen LogP contribution in [0.5, 0.6) is 0 Å². The summed E-state index contributed by atoms with van der Waals surface area (Å²) in [6.45, 7) is 0.402. The molecule has 0 bridgehead atoms. The van der Waals surface area contributed by atoms with Crippen molar-refractivity contribution >= 4 is 29.3 Å². The van der Waals surface area contributed by atoms with Crippen LogP contribution < -0.4 is 5.32 Å². The minimum absolute atomic E-state index is 0.0868. The highest BCUT2D eigenvalue weighted by atomic mass is 35.5. The standard InChI is InChI=1S/C16H15ClFNOS/c17-14-7-3-1-5-12(14)9-19-16(20)11-21-10-13-6-2-4-8-15(13)18/h1-8H,9-11H2,(H,19,20). The van der Waals surface area contributed by atoms with Crippen molar-refractivity contribution in [3.05, 3.63) is 70.5 Å². The van der Waals surface area contributed by atoms with Gasteiger partial charge in [-0.3, -0.25) is 4.79 Å². The van der Waals surface area contributed by atoms with Gasteiger partial charge in [0.2, 0.25) is 5.91 Å². The third kappa shape index (κ3) is 5.06. The van der Waals surface area contributed by atoms with Gasteiger partial charge in [-0.2, -0.15) is 0 Å². The fourth-order valence-electron chi connectivity index (χ4n) is 1.76. The molecule has 110 valence electrons. The minimum atomic E-state index is -0.235. The molecular weight excluding hydrogens is 309 g/mol. The molecule has 0 aliphatic carbocycles. The number of halogens is 2. The average Bonchev–Trinajstić information content (AvgIpc) is 2.48. The van der Waals surface area contributed by atoms with Crippen molar-refractivity contribution in [2.75, 3.05) is 5.75 Å². The molecule has 2 rings (SSSR count). The average molecular weight is 324 g/mol. The fraction of sp³-hybridized carbons (Fsp3) is 0.188. The molecule has 1 amide bonds. The van der Waals surface area contributed by atoms with Gasteiger partial charge in [-0.15, -0.1) is 11.8 Å². The zero-order valence-electron chi connectivity index (χ0n) is 11.3. The van der Waals surface area contributed by atoms with E-state index in [4.69, 9.17) is 11.6 Å². The summed E-state index contributed by atoms with van der Waals surface area (Å²) in [6.07, 6.45) is 0. The van der Waals surface area contributed by atoms with Crippen LogP contribution in [0.4, 0.5) is 4.39 Å². The van der Waals surface area contributed by atoms with Gasteiger partial charge in [0.05, 0.1) is 5.75 Å². The Balaban J connectivity index is 1.73. The number of hydrogen-bond donors (Lipinski definition) is 1. The quantitative estimate of drug-likeness (QED) is 0.869. The molecular formula is C16H15ClFNOS. The lowest BCUT2D eigenvalue weighted by Crippen LogP contribution is -2.24. The Morgan fingerprint density at radius 2 is 1.76 bits per heavy atom. The smallest absolute Gasteiger partial charge is 0.230 e. The van der Waals surface area contributed by atoms with Crippen LogP contribution in [0.15, 0.2) is 48.5 Å². The number of nitrogens with one attached hydrogen (secondary N) is 1. The molecule has 5 heteroatoms.